The third-order valence-corrected chi connectivity index (χ3v) is 15.0. The van der Waals surface area contributed by atoms with E-state index in [4.69, 9.17) is 4.84 Å². The van der Waals surface area contributed by atoms with Crippen LogP contribution < -0.4 is 4.90 Å². The van der Waals surface area contributed by atoms with Crippen molar-refractivity contribution in [1.29, 1.82) is 0 Å². The highest BCUT2D eigenvalue weighted by Crippen LogP contribution is 2.48. The maximum absolute atomic E-state index is 12.4. The molecule has 4 N–H and O–H groups in total. The summed E-state index contributed by atoms with van der Waals surface area (Å²) in [6.07, 6.45) is 11.2. The zero-order valence-electron chi connectivity index (χ0n) is 36.1. The summed E-state index contributed by atoms with van der Waals surface area (Å²) in [4.78, 5) is 42.3. The molecule has 19 nitrogen and oxygen atoms in total. The normalized spacial score (nSPS) is 19.6. The molecule has 356 valence electrons. The highest BCUT2D eigenvalue weighted by Gasteiger charge is 2.48. The number of amides is 2. The molecule has 65 heavy (non-hydrogen) atoms. The van der Waals surface area contributed by atoms with Crippen molar-refractivity contribution < 1.29 is 75.7 Å². The minimum absolute atomic E-state index is 0.0164. The lowest BCUT2D eigenvalue weighted by Crippen LogP contribution is -2.36. The lowest BCUT2D eigenvalue weighted by Gasteiger charge is -2.27. The second kappa shape index (κ2) is 20.1. The van der Waals surface area contributed by atoms with Gasteiger partial charge in [-0.05, 0) is 80.1 Å². The van der Waals surface area contributed by atoms with Gasteiger partial charge in [0.15, 0.2) is 5.54 Å². The van der Waals surface area contributed by atoms with E-state index in [1.54, 1.807) is 30.4 Å². The largest absolute Gasteiger partial charge is 0.344 e. The zero-order valence-corrected chi connectivity index (χ0v) is 39.4. The molecule has 2 amide bonds. The van der Waals surface area contributed by atoms with Crippen molar-refractivity contribution in [3.05, 3.63) is 89.2 Å². The first-order valence-corrected chi connectivity index (χ1v) is 26.9. The molecule has 3 aliphatic heterocycles. The van der Waals surface area contributed by atoms with E-state index in [0.29, 0.717) is 59.0 Å². The predicted molar refractivity (Wildman–Crippen MR) is 237 cm³/mol. The Labute approximate surface area is 379 Å². The van der Waals surface area contributed by atoms with Gasteiger partial charge in [-0.25, -0.2) is 9.37 Å². The summed E-state index contributed by atoms with van der Waals surface area (Å²) in [5.41, 5.74) is 2.00. The molecule has 0 aliphatic carbocycles. The number of fused-ring (bicyclic) bond motifs is 2. The van der Waals surface area contributed by atoms with E-state index in [1.165, 1.54) is 30.3 Å². The number of unbranched alkanes of at least 4 members (excludes halogenated alkanes) is 4. The van der Waals surface area contributed by atoms with Crippen molar-refractivity contribution in [2.24, 2.45) is 0 Å². The standard InChI is InChI=1S/C42H53N3O16S4/c1-41(2)34-29-31(65(58,59)60)18-20-36(34)43(24-10-5-8-16-40(48)61-45-38(46)21-22-39(45)47)37(41)15-7-4-6-14-35-32-19-17-30(64(55,56)57)28-33(32)42(3,23-9-12-26-62(49,50)51)44(35)25-11-13-27-63(52,53)54/h4,6-7,14-15,17-20,28-29H,5,8-13,16,21-27H2,1-3H3,(H3-,49,50,51,52,53,54,55,56,57,58,59,60)/p+1. The Morgan fingerprint density at radius 2 is 1.31 bits per heavy atom. The van der Waals surface area contributed by atoms with Gasteiger partial charge >= 0.3 is 5.97 Å². The fourth-order valence-corrected chi connectivity index (χ4v) is 10.6. The predicted octanol–water partition coefficient (Wildman–Crippen LogP) is 4.90. The Morgan fingerprint density at radius 3 is 1.91 bits per heavy atom. The summed E-state index contributed by atoms with van der Waals surface area (Å²) in [7, 11) is -17.7. The Bertz CT molecular complexity index is 2780. The molecule has 5 rings (SSSR count). The lowest BCUT2D eigenvalue weighted by molar-refractivity contribution is -0.610. The second-order valence-electron chi connectivity index (χ2n) is 16.8. The summed E-state index contributed by atoms with van der Waals surface area (Å²) in [5, 5.41) is 0.504. The molecule has 2 aromatic rings. The quantitative estimate of drug-likeness (QED) is 0.0401. The van der Waals surface area contributed by atoms with Gasteiger partial charge in [-0.3, -0.25) is 27.8 Å². The number of imide groups is 1. The van der Waals surface area contributed by atoms with Crippen LogP contribution in [0.4, 0.5) is 5.69 Å². The minimum Gasteiger partial charge on any atom is -0.344 e. The Balaban J connectivity index is 1.44. The molecule has 3 aliphatic rings. The summed E-state index contributed by atoms with van der Waals surface area (Å²) < 4.78 is 135. The van der Waals surface area contributed by atoms with Crippen molar-refractivity contribution in [1.82, 2.24) is 5.06 Å². The van der Waals surface area contributed by atoms with E-state index < -0.39 is 80.7 Å². The van der Waals surface area contributed by atoms with E-state index in [2.05, 4.69) is 0 Å². The summed E-state index contributed by atoms with van der Waals surface area (Å²) in [5.74, 6) is -2.85. The Morgan fingerprint density at radius 1 is 0.723 bits per heavy atom. The molecule has 0 aromatic heterocycles. The number of nitrogens with zero attached hydrogens (tertiary/aromatic N) is 3. The monoisotopic (exact) mass is 984 g/mol. The van der Waals surface area contributed by atoms with Gasteiger partial charge < -0.3 is 9.74 Å². The third kappa shape index (κ3) is 12.8. The van der Waals surface area contributed by atoms with Gasteiger partial charge in [0, 0.05) is 74.0 Å². The van der Waals surface area contributed by atoms with Crippen LogP contribution in [0.15, 0.2) is 82.3 Å². The van der Waals surface area contributed by atoms with Crippen LogP contribution in [-0.4, -0.2) is 110 Å². The molecule has 1 fully saturated rings. The highest BCUT2D eigenvalue weighted by atomic mass is 32.2. The summed E-state index contributed by atoms with van der Waals surface area (Å²) >= 11 is 0. The van der Waals surface area contributed by atoms with E-state index in [9.17, 15) is 66.3 Å². The van der Waals surface area contributed by atoms with Crippen molar-refractivity contribution in [2.45, 2.75) is 112 Å². The molecule has 1 saturated heterocycles. The number of benzene rings is 2. The number of carbonyl (C=O) groups excluding carboxylic acids is 3. The summed E-state index contributed by atoms with van der Waals surface area (Å²) in [6, 6.07) is 8.46. The van der Waals surface area contributed by atoms with Crippen LogP contribution in [0.1, 0.15) is 108 Å². The second-order valence-corrected chi connectivity index (χ2v) is 22.8. The van der Waals surface area contributed by atoms with Gasteiger partial charge in [0.05, 0.1) is 26.9 Å². The van der Waals surface area contributed by atoms with E-state index in [-0.39, 0.29) is 67.7 Å². The summed E-state index contributed by atoms with van der Waals surface area (Å²) in [6.45, 7) is 6.26. The third-order valence-electron chi connectivity index (χ3n) is 11.7. The number of allylic oxidation sites excluding steroid dienone is 6. The van der Waals surface area contributed by atoms with Gasteiger partial charge in [0.1, 0.15) is 6.54 Å². The lowest BCUT2D eigenvalue weighted by atomic mass is 9.83. The van der Waals surface area contributed by atoms with Crippen molar-refractivity contribution in [2.75, 3.05) is 29.5 Å². The molecule has 1 atom stereocenters. The van der Waals surface area contributed by atoms with Gasteiger partial charge in [-0.2, -0.15) is 33.7 Å². The van der Waals surface area contributed by atoms with Crippen molar-refractivity contribution in [3.8, 4) is 0 Å². The van der Waals surface area contributed by atoms with Crippen molar-refractivity contribution >= 4 is 69.7 Å². The molecule has 3 heterocycles. The number of hydrogen-bond donors (Lipinski definition) is 4. The number of carbonyl (C=O) groups is 3. The number of hydrogen-bond acceptors (Lipinski definition) is 13. The molecular formula is C42H54N3O16S4+. The maximum Gasteiger partial charge on any atom is 0.333 e. The minimum atomic E-state index is -4.64. The molecule has 0 radical (unpaired) electrons. The van der Waals surface area contributed by atoms with Gasteiger partial charge in [-0.15, -0.1) is 5.06 Å². The first kappa shape index (κ1) is 51.4. The van der Waals surface area contributed by atoms with Crippen LogP contribution in [0, 0.1) is 0 Å². The Kier molecular flexibility index (Phi) is 15.9. The van der Waals surface area contributed by atoms with Crippen LogP contribution in [0.3, 0.4) is 0 Å². The van der Waals surface area contributed by atoms with Crippen LogP contribution in [0.2, 0.25) is 0 Å². The zero-order chi connectivity index (χ0) is 48.2. The number of rotatable bonds is 22. The SMILES string of the molecule is CC1(C)/C(=C/C=C/C=C/C2=[N+](CCCCS(=O)(=O)O)C(C)(CCCCS(=O)(=O)O)c3cc(S(=O)(=O)O)ccc32)N(CCCCCC(=O)ON2C(=O)CCC2=O)c2ccc(S(=O)(=O)O)cc21. The fraction of sp³-hybridized carbons (Fsp3) is 0.476. The van der Waals surface area contributed by atoms with E-state index >= 15 is 0 Å². The van der Waals surface area contributed by atoms with Gasteiger partial charge in [0.25, 0.3) is 52.3 Å². The molecule has 0 saturated carbocycles. The van der Waals surface area contributed by atoms with Crippen molar-refractivity contribution in [3.63, 3.8) is 0 Å². The molecule has 1 unspecified atom stereocenters. The highest BCUT2D eigenvalue weighted by molar-refractivity contribution is 7.86. The average molecular weight is 985 g/mol. The number of hydroxylamine groups is 2. The molecular weight excluding hydrogens is 931 g/mol. The fourth-order valence-electron chi connectivity index (χ4n) is 8.47. The smallest absolute Gasteiger partial charge is 0.333 e. The molecule has 0 bridgehead atoms. The molecule has 23 heteroatoms. The molecule has 2 aromatic carbocycles. The molecule has 0 spiro atoms. The van der Waals surface area contributed by atoms with E-state index in [0.717, 1.165) is 5.70 Å². The van der Waals surface area contributed by atoms with Crippen LogP contribution in [-0.2, 0) is 70.6 Å². The number of anilines is 1. The van der Waals surface area contributed by atoms with Crippen LogP contribution >= 0.6 is 0 Å². The van der Waals surface area contributed by atoms with Crippen LogP contribution in [0.25, 0.3) is 0 Å². The van der Waals surface area contributed by atoms with Gasteiger partial charge in [0.2, 0.25) is 5.71 Å². The van der Waals surface area contributed by atoms with Crippen LogP contribution in [0.5, 0.6) is 0 Å². The Hall–Kier alpha value is -4.62. The maximum atomic E-state index is 12.4. The average Bonchev–Trinajstić information content (AvgIpc) is 3.71. The first-order chi connectivity index (χ1) is 30.1. The van der Waals surface area contributed by atoms with Gasteiger partial charge in [-0.1, -0.05) is 38.5 Å². The first-order valence-electron chi connectivity index (χ1n) is 20.8. The van der Waals surface area contributed by atoms with E-state index in [1.807, 2.05) is 36.3 Å². The topological polar surface area (TPSA) is 287 Å².